The van der Waals surface area contributed by atoms with E-state index >= 15 is 0 Å². The highest BCUT2D eigenvalue weighted by Gasteiger charge is 2.18. The molecule has 2 aromatic rings. The number of carbonyl (C=O) groups is 1. The van der Waals surface area contributed by atoms with Gasteiger partial charge < -0.3 is 5.32 Å². The Morgan fingerprint density at radius 3 is 2.25 bits per heavy atom. The summed E-state index contributed by atoms with van der Waals surface area (Å²) in [5, 5.41) is 7.07. The lowest BCUT2D eigenvalue weighted by atomic mass is 10.0. The summed E-state index contributed by atoms with van der Waals surface area (Å²) in [7, 11) is 0. The van der Waals surface area contributed by atoms with Gasteiger partial charge in [-0.15, -0.1) is 0 Å². The lowest BCUT2D eigenvalue weighted by molar-refractivity contribution is -0.117. The molecule has 2 aromatic carbocycles. The molecule has 0 unspecified atom stereocenters. The molecule has 3 nitrogen and oxygen atoms in total. The number of rotatable bonds is 5. The summed E-state index contributed by atoms with van der Waals surface area (Å²) < 4.78 is 0. The van der Waals surface area contributed by atoms with Crippen LogP contribution in [-0.2, 0) is 4.79 Å². The van der Waals surface area contributed by atoms with Gasteiger partial charge in [-0.1, -0.05) is 41.4 Å². The molecule has 0 heterocycles. The Hall–Kier alpha value is -1.84. The normalized spacial score (nSPS) is 13.4. The number of hydrogen-bond donors (Lipinski definition) is 2. The van der Waals surface area contributed by atoms with Gasteiger partial charge in [-0.2, -0.15) is 0 Å². The zero-order valence-electron chi connectivity index (χ0n) is 14.9. The van der Waals surface area contributed by atoms with Crippen LogP contribution in [0.25, 0.3) is 0 Å². The summed E-state index contributed by atoms with van der Waals surface area (Å²) in [5.74, 6) is -0.0427. The van der Waals surface area contributed by atoms with Gasteiger partial charge in [0.1, 0.15) is 0 Å². The van der Waals surface area contributed by atoms with E-state index in [4.69, 9.17) is 11.6 Å². The van der Waals surface area contributed by atoms with Crippen molar-refractivity contribution in [2.45, 2.75) is 46.7 Å². The van der Waals surface area contributed by atoms with E-state index in [1.165, 1.54) is 5.56 Å². The molecule has 0 fully saturated rings. The van der Waals surface area contributed by atoms with Crippen LogP contribution >= 0.6 is 11.6 Å². The second-order valence-electron chi connectivity index (χ2n) is 6.43. The molecule has 0 aliphatic heterocycles. The van der Waals surface area contributed by atoms with Crippen LogP contribution in [0.5, 0.6) is 0 Å². The highest BCUT2D eigenvalue weighted by Crippen LogP contribution is 2.22. The van der Waals surface area contributed by atoms with Crippen molar-refractivity contribution in [1.29, 1.82) is 0 Å². The first-order valence-electron chi connectivity index (χ1n) is 8.18. The third-order valence-electron chi connectivity index (χ3n) is 4.17. The van der Waals surface area contributed by atoms with Crippen molar-refractivity contribution in [3.63, 3.8) is 0 Å². The van der Waals surface area contributed by atoms with Crippen LogP contribution in [0.2, 0.25) is 5.02 Å². The zero-order chi connectivity index (χ0) is 17.9. The molecule has 0 bridgehead atoms. The molecule has 0 spiro atoms. The van der Waals surface area contributed by atoms with E-state index in [9.17, 15) is 4.79 Å². The van der Waals surface area contributed by atoms with Crippen LogP contribution in [-0.4, -0.2) is 11.9 Å². The molecular formula is C20H25ClN2O. The van der Waals surface area contributed by atoms with E-state index in [1.54, 1.807) is 0 Å². The molecule has 4 heteroatoms. The average Bonchev–Trinajstić information content (AvgIpc) is 2.50. The molecule has 0 aliphatic carbocycles. The van der Waals surface area contributed by atoms with E-state index in [0.29, 0.717) is 5.02 Å². The van der Waals surface area contributed by atoms with Crippen molar-refractivity contribution < 1.29 is 4.79 Å². The van der Waals surface area contributed by atoms with Gasteiger partial charge in [-0.3, -0.25) is 10.1 Å². The number of carbonyl (C=O) groups excluding carboxylic acids is 1. The Morgan fingerprint density at radius 1 is 1.04 bits per heavy atom. The van der Waals surface area contributed by atoms with Gasteiger partial charge >= 0.3 is 0 Å². The fourth-order valence-corrected chi connectivity index (χ4v) is 3.13. The predicted octanol–water partition coefficient (Wildman–Crippen LogP) is 4.94. The SMILES string of the molecule is Cc1cc(C)c(NC(=O)[C@@H](C)N[C@H](C)c2cccc(Cl)c2)c(C)c1. The average molecular weight is 345 g/mol. The number of nitrogens with one attached hydrogen (secondary N) is 2. The predicted molar refractivity (Wildman–Crippen MR) is 102 cm³/mol. The molecule has 24 heavy (non-hydrogen) atoms. The van der Waals surface area contributed by atoms with Gasteiger partial charge in [0.25, 0.3) is 0 Å². The molecule has 2 N–H and O–H groups in total. The second kappa shape index (κ2) is 7.82. The summed E-state index contributed by atoms with van der Waals surface area (Å²) >= 11 is 6.04. The smallest absolute Gasteiger partial charge is 0.241 e. The maximum Gasteiger partial charge on any atom is 0.241 e. The van der Waals surface area contributed by atoms with Crippen molar-refractivity contribution in [2.24, 2.45) is 0 Å². The number of aryl methyl sites for hydroxylation is 3. The maximum absolute atomic E-state index is 12.5. The molecule has 0 radical (unpaired) electrons. The number of amides is 1. The van der Waals surface area contributed by atoms with Gasteiger partial charge in [0.2, 0.25) is 5.91 Å². The number of hydrogen-bond acceptors (Lipinski definition) is 2. The number of benzene rings is 2. The highest BCUT2D eigenvalue weighted by molar-refractivity contribution is 6.30. The van der Waals surface area contributed by atoms with Crippen LogP contribution in [0.1, 0.15) is 42.1 Å². The molecule has 0 aromatic heterocycles. The molecule has 0 saturated carbocycles. The Balaban J connectivity index is 2.05. The summed E-state index contributed by atoms with van der Waals surface area (Å²) in [4.78, 5) is 12.5. The second-order valence-corrected chi connectivity index (χ2v) is 6.86. The molecular weight excluding hydrogens is 320 g/mol. The lowest BCUT2D eigenvalue weighted by Crippen LogP contribution is -2.39. The van der Waals surface area contributed by atoms with E-state index in [-0.39, 0.29) is 18.0 Å². The Kier molecular flexibility index (Phi) is 6.03. The zero-order valence-corrected chi connectivity index (χ0v) is 15.7. The topological polar surface area (TPSA) is 41.1 Å². The van der Waals surface area contributed by atoms with Crippen molar-refractivity contribution in [1.82, 2.24) is 5.32 Å². The first kappa shape index (κ1) is 18.5. The Labute approximate surface area is 149 Å². The lowest BCUT2D eigenvalue weighted by Gasteiger charge is -2.21. The van der Waals surface area contributed by atoms with E-state index in [1.807, 2.05) is 52.0 Å². The standard InChI is InChI=1S/C20H25ClN2O/c1-12-9-13(2)19(14(3)10-12)23-20(24)16(5)22-15(4)17-7-6-8-18(21)11-17/h6-11,15-16,22H,1-5H3,(H,23,24)/t15-,16-/m1/s1. The van der Waals surface area contributed by atoms with E-state index < -0.39 is 0 Å². The largest absolute Gasteiger partial charge is 0.324 e. The Morgan fingerprint density at radius 2 is 1.67 bits per heavy atom. The molecule has 2 rings (SSSR count). The van der Waals surface area contributed by atoms with Crippen LogP contribution < -0.4 is 10.6 Å². The highest BCUT2D eigenvalue weighted by atomic mass is 35.5. The van der Waals surface area contributed by atoms with Crippen LogP contribution in [0.4, 0.5) is 5.69 Å². The van der Waals surface area contributed by atoms with Gasteiger partial charge in [-0.05, 0) is 63.4 Å². The van der Waals surface area contributed by atoms with Crippen LogP contribution in [0, 0.1) is 20.8 Å². The van der Waals surface area contributed by atoms with E-state index in [0.717, 1.165) is 22.4 Å². The monoisotopic (exact) mass is 344 g/mol. The minimum absolute atomic E-state index is 0.0321. The summed E-state index contributed by atoms with van der Waals surface area (Å²) in [6.45, 7) is 9.99. The molecule has 0 aliphatic rings. The van der Waals surface area contributed by atoms with Crippen molar-refractivity contribution in [3.05, 3.63) is 63.7 Å². The van der Waals surface area contributed by atoms with E-state index in [2.05, 4.69) is 29.7 Å². The minimum atomic E-state index is -0.320. The maximum atomic E-state index is 12.5. The fourth-order valence-electron chi connectivity index (χ4n) is 2.93. The molecule has 1 amide bonds. The van der Waals surface area contributed by atoms with Gasteiger partial charge in [-0.25, -0.2) is 0 Å². The van der Waals surface area contributed by atoms with Crippen LogP contribution in [0.15, 0.2) is 36.4 Å². The number of anilines is 1. The first-order chi connectivity index (χ1) is 11.3. The van der Waals surface area contributed by atoms with Crippen LogP contribution in [0.3, 0.4) is 0 Å². The van der Waals surface area contributed by atoms with Gasteiger partial charge in [0, 0.05) is 16.8 Å². The summed E-state index contributed by atoms with van der Waals surface area (Å²) in [6.07, 6.45) is 0. The quantitative estimate of drug-likeness (QED) is 0.806. The third kappa shape index (κ3) is 4.59. The third-order valence-corrected chi connectivity index (χ3v) is 4.40. The molecule has 128 valence electrons. The fraction of sp³-hybridized carbons (Fsp3) is 0.350. The minimum Gasteiger partial charge on any atom is -0.324 e. The molecule has 2 atom stereocenters. The van der Waals surface area contributed by atoms with Gasteiger partial charge in [0.05, 0.1) is 6.04 Å². The van der Waals surface area contributed by atoms with Crippen molar-refractivity contribution >= 4 is 23.2 Å². The van der Waals surface area contributed by atoms with Crippen molar-refractivity contribution in [2.75, 3.05) is 5.32 Å². The van der Waals surface area contributed by atoms with Crippen molar-refractivity contribution in [3.8, 4) is 0 Å². The first-order valence-corrected chi connectivity index (χ1v) is 8.56. The summed E-state index contributed by atoms with van der Waals surface area (Å²) in [6, 6.07) is 11.5. The van der Waals surface area contributed by atoms with Gasteiger partial charge in [0.15, 0.2) is 0 Å². The number of halogens is 1. The summed E-state index contributed by atoms with van der Waals surface area (Å²) in [5.41, 5.74) is 5.31. The Bertz CT molecular complexity index is 719. The molecule has 0 saturated heterocycles.